The molecule has 1 rings (SSSR count). The van der Waals surface area contributed by atoms with Crippen LogP contribution in [0.1, 0.15) is 42.2 Å². The van der Waals surface area contributed by atoms with Gasteiger partial charge in [0.25, 0.3) is 5.91 Å². The van der Waals surface area contributed by atoms with Gasteiger partial charge >= 0.3 is 0 Å². The van der Waals surface area contributed by atoms with E-state index in [1.807, 2.05) is 0 Å². The molecule has 0 aliphatic carbocycles. The largest absolute Gasteiger partial charge is 0.396 e. The number of pyridine rings is 1. The molecule has 0 radical (unpaired) electrons. The third-order valence-corrected chi connectivity index (χ3v) is 3.09. The first-order valence-corrected chi connectivity index (χ1v) is 6.66. The number of aromatic nitrogens is 1. The molecule has 19 heavy (non-hydrogen) atoms. The van der Waals surface area contributed by atoms with E-state index >= 15 is 0 Å². The number of amides is 1. The summed E-state index contributed by atoms with van der Waals surface area (Å²) >= 11 is 0. The fraction of sp³-hybridized carbons (Fsp3) is 0.571. The molecule has 5 nitrogen and oxygen atoms in total. The summed E-state index contributed by atoms with van der Waals surface area (Å²) in [7, 11) is 0. The summed E-state index contributed by atoms with van der Waals surface area (Å²) in [4.78, 5) is 26.4. The van der Waals surface area contributed by atoms with Crippen LogP contribution < -0.4 is 10.7 Å². The second-order valence-corrected chi connectivity index (χ2v) is 4.77. The first-order valence-electron chi connectivity index (χ1n) is 6.66. The van der Waals surface area contributed by atoms with Crippen LogP contribution in [0.4, 0.5) is 0 Å². The third kappa shape index (κ3) is 4.87. The maximum atomic E-state index is 11.9. The van der Waals surface area contributed by atoms with Crippen molar-refractivity contribution in [2.45, 2.75) is 33.1 Å². The summed E-state index contributed by atoms with van der Waals surface area (Å²) in [6, 6.07) is 1.41. The van der Waals surface area contributed by atoms with Crippen molar-refractivity contribution in [1.82, 2.24) is 10.3 Å². The maximum absolute atomic E-state index is 11.9. The predicted molar refractivity (Wildman–Crippen MR) is 74.2 cm³/mol. The van der Waals surface area contributed by atoms with Crippen molar-refractivity contribution >= 4 is 5.91 Å². The highest BCUT2D eigenvalue weighted by atomic mass is 16.3. The molecule has 1 aromatic rings. The second kappa shape index (κ2) is 7.74. The van der Waals surface area contributed by atoms with Gasteiger partial charge in [-0.2, -0.15) is 0 Å². The fourth-order valence-electron chi connectivity index (χ4n) is 2.02. The summed E-state index contributed by atoms with van der Waals surface area (Å²) in [5.41, 5.74) is 0.582. The number of H-pyrrole nitrogens is 1. The highest BCUT2D eigenvalue weighted by molar-refractivity contribution is 5.93. The molecule has 1 atom stereocenters. The van der Waals surface area contributed by atoms with E-state index in [0.717, 1.165) is 18.5 Å². The molecular formula is C14H22N2O3. The number of carbonyl (C=O) groups is 1. The van der Waals surface area contributed by atoms with E-state index in [1.54, 1.807) is 6.92 Å². The zero-order chi connectivity index (χ0) is 14.3. The minimum atomic E-state index is -0.361. The highest BCUT2D eigenvalue weighted by Gasteiger charge is 2.13. The van der Waals surface area contributed by atoms with E-state index in [9.17, 15) is 9.59 Å². The monoisotopic (exact) mass is 266 g/mol. The number of hydrogen-bond acceptors (Lipinski definition) is 3. The second-order valence-electron chi connectivity index (χ2n) is 4.77. The number of aryl methyl sites for hydroxylation is 1. The Hall–Kier alpha value is -1.62. The normalized spacial score (nSPS) is 12.2. The third-order valence-electron chi connectivity index (χ3n) is 3.09. The van der Waals surface area contributed by atoms with E-state index < -0.39 is 0 Å². The molecular weight excluding hydrogens is 244 g/mol. The number of rotatable bonds is 7. The van der Waals surface area contributed by atoms with Crippen LogP contribution in [-0.2, 0) is 0 Å². The molecule has 1 unspecified atom stereocenters. The molecule has 0 aliphatic rings. The van der Waals surface area contributed by atoms with E-state index in [0.29, 0.717) is 13.0 Å². The summed E-state index contributed by atoms with van der Waals surface area (Å²) < 4.78 is 0. The molecule has 106 valence electrons. The Bertz CT molecular complexity index is 462. The summed E-state index contributed by atoms with van der Waals surface area (Å²) in [6.45, 7) is 4.44. The number of aliphatic hydroxyl groups excluding tert-OH is 1. The smallest absolute Gasteiger partial charge is 0.256 e. The molecule has 0 aromatic carbocycles. The Morgan fingerprint density at radius 2 is 2.21 bits per heavy atom. The lowest BCUT2D eigenvalue weighted by molar-refractivity contribution is 0.0941. The van der Waals surface area contributed by atoms with E-state index in [-0.39, 0.29) is 29.4 Å². The van der Waals surface area contributed by atoms with Crippen LogP contribution in [0, 0.1) is 12.8 Å². The van der Waals surface area contributed by atoms with Gasteiger partial charge in [-0.25, -0.2) is 0 Å². The van der Waals surface area contributed by atoms with Crippen LogP contribution in [-0.4, -0.2) is 29.1 Å². The zero-order valence-electron chi connectivity index (χ0n) is 11.5. The molecule has 1 amide bonds. The van der Waals surface area contributed by atoms with Gasteiger partial charge in [-0.3, -0.25) is 9.59 Å². The van der Waals surface area contributed by atoms with Crippen LogP contribution in [0.3, 0.4) is 0 Å². The van der Waals surface area contributed by atoms with E-state index in [4.69, 9.17) is 5.11 Å². The van der Waals surface area contributed by atoms with Crippen LogP contribution in [0.2, 0.25) is 0 Å². The summed E-state index contributed by atoms with van der Waals surface area (Å²) in [5.74, 6) is -0.108. The van der Waals surface area contributed by atoms with Gasteiger partial charge in [0.15, 0.2) is 5.43 Å². The molecule has 0 saturated carbocycles. The van der Waals surface area contributed by atoms with Gasteiger partial charge in [-0.05, 0) is 25.7 Å². The first-order chi connectivity index (χ1) is 9.08. The number of aliphatic hydroxyl groups is 1. The highest BCUT2D eigenvalue weighted by Crippen LogP contribution is 2.09. The van der Waals surface area contributed by atoms with Crippen molar-refractivity contribution in [3.63, 3.8) is 0 Å². The fourth-order valence-corrected chi connectivity index (χ4v) is 2.02. The van der Waals surface area contributed by atoms with Crippen molar-refractivity contribution in [3.8, 4) is 0 Å². The Morgan fingerprint density at radius 3 is 2.79 bits per heavy atom. The van der Waals surface area contributed by atoms with Crippen LogP contribution in [0.15, 0.2) is 17.1 Å². The SMILES string of the molecule is CCCC(CCO)CNC(=O)c1c[nH]c(C)cc1=O. The van der Waals surface area contributed by atoms with Gasteiger partial charge in [-0.15, -0.1) is 0 Å². The number of hydrogen-bond donors (Lipinski definition) is 3. The van der Waals surface area contributed by atoms with Gasteiger partial charge in [0.1, 0.15) is 5.56 Å². The summed E-state index contributed by atoms with van der Waals surface area (Å²) in [5, 5.41) is 11.7. The molecule has 0 fully saturated rings. The molecule has 1 heterocycles. The van der Waals surface area contributed by atoms with Crippen molar-refractivity contribution in [2.24, 2.45) is 5.92 Å². The standard InChI is InChI=1S/C14H22N2O3/c1-3-4-11(5-6-17)8-16-14(19)12-9-15-10(2)7-13(12)18/h7,9,11,17H,3-6,8H2,1-2H3,(H,15,18)(H,16,19). The first kappa shape index (κ1) is 15.4. The summed E-state index contributed by atoms with van der Waals surface area (Å²) in [6.07, 6.45) is 4.06. The molecule has 1 aromatic heterocycles. The Kier molecular flexibility index (Phi) is 6.29. The van der Waals surface area contributed by atoms with E-state index in [2.05, 4.69) is 17.2 Å². The van der Waals surface area contributed by atoms with Gasteiger partial charge in [0, 0.05) is 31.1 Å². The lowest BCUT2D eigenvalue weighted by Gasteiger charge is -2.15. The number of carbonyl (C=O) groups excluding carboxylic acids is 1. The number of aromatic amines is 1. The van der Waals surface area contributed by atoms with Crippen LogP contribution in [0.5, 0.6) is 0 Å². The Balaban J connectivity index is 2.61. The van der Waals surface area contributed by atoms with Crippen molar-refractivity contribution < 1.29 is 9.90 Å². The van der Waals surface area contributed by atoms with Crippen LogP contribution >= 0.6 is 0 Å². The molecule has 0 bridgehead atoms. The zero-order valence-corrected chi connectivity index (χ0v) is 11.5. The van der Waals surface area contributed by atoms with Crippen molar-refractivity contribution in [2.75, 3.05) is 13.2 Å². The minimum Gasteiger partial charge on any atom is -0.396 e. The Morgan fingerprint density at radius 1 is 1.47 bits per heavy atom. The average molecular weight is 266 g/mol. The Labute approximate surface area is 113 Å². The van der Waals surface area contributed by atoms with Crippen LogP contribution in [0.25, 0.3) is 0 Å². The topological polar surface area (TPSA) is 82.2 Å². The lowest BCUT2D eigenvalue weighted by Crippen LogP contribution is -2.33. The van der Waals surface area contributed by atoms with Gasteiger partial charge in [-0.1, -0.05) is 13.3 Å². The quantitative estimate of drug-likeness (QED) is 0.694. The molecule has 5 heteroatoms. The maximum Gasteiger partial charge on any atom is 0.256 e. The minimum absolute atomic E-state index is 0.117. The molecule has 0 aliphatic heterocycles. The van der Waals surface area contributed by atoms with Crippen molar-refractivity contribution in [1.29, 1.82) is 0 Å². The van der Waals surface area contributed by atoms with Gasteiger partial charge < -0.3 is 15.4 Å². The van der Waals surface area contributed by atoms with Crippen molar-refractivity contribution in [3.05, 3.63) is 33.7 Å². The van der Waals surface area contributed by atoms with Gasteiger partial charge in [0.05, 0.1) is 0 Å². The molecule has 0 spiro atoms. The molecule has 0 saturated heterocycles. The van der Waals surface area contributed by atoms with Gasteiger partial charge in [0.2, 0.25) is 0 Å². The predicted octanol–water partition coefficient (Wildman–Crippen LogP) is 1.21. The van der Waals surface area contributed by atoms with E-state index in [1.165, 1.54) is 12.3 Å². The lowest BCUT2D eigenvalue weighted by atomic mass is 10.00. The number of nitrogens with one attached hydrogen (secondary N) is 2. The average Bonchev–Trinajstić information content (AvgIpc) is 2.36. The molecule has 3 N–H and O–H groups in total.